The molecular weight excluding hydrogens is 222 g/mol. The average Bonchev–Trinajstić information content (AvgIpc) is 2.28. The largest absolute Gasteiger partial charge is 0.316 e. The van der Waals surface area contributed by atoms with Crippen molar-refractivity contribution in [2.24, 2.45) is 11.8 Å². The monoisotopic (exact) mass is 247 g/mol. The SMILES string of the molecule is CCS(=O)(=O)C1CC(C(C)C)CCC1NC. The maximum absolute atomic E-state index is 12.1. The summed E-state index contributed by atoms with van der Waals surface area (Å²) in [5.74, 6) is 1.42. The number of rotatable bonds is 4. The second-order valence-corrected chi connectivity index (χ2v) is 7.71. The Balaban J connectivity index is 2.84. The van der Waals surface area contributed by atoms with Gasteiger partial charge in [-0.05, 0) is 38.1 Å². The lowest BCUT2D eigenvalue weighted by Gasteiger charge is -2.37. The van der Waals surface area contributed by atoms with Crippen molar-refractivity contribution in [2.75, 3.05) is 12.8 Å². The van der Waals surface area contributed by atoms with E-state index in [1.807, 2.05) is 7.05 Å². The number of hydrogen-bond acceptors (Lipinski definition) is 3. The molecule has 1 N–H and O–H groups in total. The molecule has 0 spiro atoms. The van der Waals surface area contributed by atoms with E-state index in [9.17, 15) is 8.42 Å². The number of hydrogen-bond donors (Lipinski definition) is 1. The van der Waals surface area contributed by atoms with Gasteiger partial charge >= 0.3 is 0 Å². The van der Waals surface area contributed by atoms with Gasteiger partial charge in [0, 0.05) is 11.8 Å². The standard InChI is InChI=1S/C12H25NO2S/c1-5-16(14,15)12-8-10(9(2)3)6-7-11(12)13-4/h9-13H,5-8H2,1-4H3. The molecule has 1 fully saturated rings. The van der Waals surface area contributed by atoms with E-state index in [1.54, 1.807) is 6.92 Å². The van der Waals surface area contributed by atoms with Gasteiger partial charge in [0.25, 0.3) is 0 Å². The first kappa shape index (κ1) is 14.0. The zero-order chi connectivity index (χ0) is 12.3. The van der Waals surface area contributed by atoms with Crippen LogP contribution in [0.15, 0.2) is 0 Å². The van der Waals surface area contributed by atoms with E-state index in [4.69, 9.17) is 0 Å². The van der Waals surface area contributed by atoms with E-state index >= 15 is 0 Å². The maximum atomic E-state index is 12.1. The Morgan fingerprint density at radius 1 is 1.31 bits per heavy atom. The Labute approximate surface area is 99.9 Å². The van der Waals surface area contributed by atoms with Crippen LogP contribution < -0.4 is 5.32 Å². The highest BCUT2D eigenvalue weighted by molar-refractivity contribution is 7.92. The van der Waals surface area contributed by atoms with Gasteiger partial charge in [-0.3, -0.25) is 0 Å². The second-order valence-electron chi connectivity index (χ2n) is 5.20. The molecule has 0 aliphatic heterocycles. The Morgan fingerprint density at radius 3 is 2.38 bits per heavy atom. The zero-order valence-electron chi connectivity index (χ0n) is 10.9. The predicted octanol–water partition coefficient (Wildman–Crippen LogP) is 1.83. The number of sulfone groups is 1. The zero-order valence-corrected chi connectivity index (χ0v) is 11.7. The summed E-state index contributed by atoms with van der Waals surface area (Å²) in [6, 6.07) is 0.153. The molecule has 0 saturated heterocycles. The summed E-state index contributed by atoms with van der Waals surface area (Å²) in [4.78, 5) is 0. The fourth-order valence-corrected chi connectivity index (χ4v) is 4.45. The maximum Gasteiger partial charge on any atom is 0.154 e. The van der Waals surface area contributed by atoms with Crippen molar-refractivity contribution in [3.05, 3.63) is 0 Å². The van der Waals surface area contributed by atoms with Crippen molar-refractivity contribution in [2.45, 2.75) is 51.3 Å². The lowest BCUT2D eigenvalue weighted by atomic mass is 9.79. The molecule has 3 atom stereocenters. The summed E-state index contributed by atoms with van der Waals surface area (Å²) in [7, 11) is -1.04. The summed E-state index contributed by atoms with van der Waals surface area (Å²) < 4.78 is 24.1. The molecule has 96 valence electrons. The summed E-state index contributed by atoms with van der Waals surface area (Å²) in [5.41, 5.74) is 0. The minimum absolute atomic E-state index is 0.153. The molecule has 0 bridgehead atoms. The first-order valence-electron chi connectivity index (χ1n) is 6.31. The van der Waals surface area contributed by atoms with Crippen LogP contribution in [0.25, 0.3) is 0 Å². The van der Waals surface area contributed by atoms with E-state index in [0.29, 0.717) is 11.8 Å². The molecule has 4 heteroatoms. The highest BCUT2D eigenvalue weighted by Gasteiger charge is 2.37. The van der Waals surface area contributed by atoms with Crippen LogP contribution in [0, 0.1) is 11.8 Å². The van der Waals surface area contributed by atoms with Crippen LogP contribution in [0.2, 0.25) is 0 Å². The van der Waals surface area contributed by atoms with Crippen molar-refractivity contribution in [3.63, 3.8) is 0 Å². The highest BCUT2D eigenvalue weighted by Crippen LogP contribution is 2.33. The van der Waals surface area contributed by atoms with Crippen molar-refractivity contribution < 1.29 is 8.42 Å². The quantitative estimate of drug-likeness (QED) is 0.824. The third-order valence-electron chi connectivity index (χ3n) is 4.01. The van der Waals surface area contributed by atoms with Gasteiger partial charge in [0.05, 0.1) is 5.25 Å². The Kier molecular flexibility index (Phi) is 4.80. The van der Waals surface area contributed by atoms with E-state index in [2.05, 4.69) is 19.2 Å². The number of nitrogens with one attached hydrogen (secondary N) is 1. The first-order valence-corrected chi connectivity index (χ1v) is 8.02. The van der Waals surface area contributed by atoms with Crippen LogP contribution in [0.3, 0.4) is 0 Å². The van der Waals surface area contributed by atoms with E-state index in [-0.39, 0.29) is 17.0 Å². The molecule has 16 heavy (non-hydrogen) atoms. The Bertz CT molecular complexity index is 311. The van der Waals surface area contributed by atoms with Crippen molar-refractivity contribution >= 4 is 9.84 Å². The summed E-state index contributed by atoms with van der Waals surface area (Å²) in [6.07, 6.45) is 2.97. The van der Waals surface area contributed by atoms with Crippen LogP contribution in [-0.4, -0.2) is 32.5 Å². The van der Waals surface area contributed by atoms with Gasteiger partial charge < -0.3 is 5.32 Å². The van der Waals surface area contributed by atoms with Gasteiger partial charge in [0.2, 0.25) is 0 Å². The molecule has 0 aromatic rings. The fraction of sp³-hybridized carbons (Fsp3) is 1.00. The molecule has 0 radical (unpaired) electrons. The molecule has 0 aromatic heterocycles. The van der Waals surface area contributed by atoms with Gasteiger partial charge in [0.15, 0.2) is 9.84 Å². The van der Waals surface area contributed by atoms with Crippen LogP contribution in [0.4, 0.5) is 0 Å². The molecule has 1 aliphatic rings. The minimum atomic E-state index is -2.91. The minimum Gasteiger partial charge on any atom is -0.316 e. The topological polar surface area (TPSA) is 46.2 Å². The highest BCUT2D eigenvalue weighted by atomic mass is 32.2. The molecule has 3 nitrogen and oxygen atoms in total. The van der Waals surface area contributed by atoms with Crippen LogP contribution in [-0.2, 0) is 9.84 Å². The third-order valence-corrected chi connectivity index (χ3v) is 6.26. The lowest BCUT2D eigenvalue weighted by molar-refractivity contribution is 0.246. The summed E-state index contributed by atoms with van der Waals surface area (Å²) in [6.45, 7) is 6.14. The van der Waals surface area contributed by atoms with Crippen LogP contribution in [0.1, 0.15) is 40.0 Å². The Hall–Kier alpha value is -0.0900. The van der Waals surface area contributed by atoms with Crippen molar-refractivity contribution in [1.82, 2.24) is 5.32 Å². The molecular formula is C12H25NO2S. The molecule has 1 saturated carbocycles. The average molecular weight is 247 g/mol. The molecule has 3 unspecified atom stereocenters. The van der Waals surface area contributed by atoms with E-state index < -0.39 is 9.84 Å². The van der Waals surface area contributed by atoms with Gasteiger partial charge in [-0.25, -0.2) is 8.42 Å². The molecule has 0 amide bonds. The Morgan fingerprint density at radius 2 is 1.94 bits per heavy atom. The fourth-order valence-electron chi connectivity index (χ4n) is 2.71. The van der Waals surface area contributed by atoms with E-state index in [0.717, 1.165) is 19.3 Å². The van der Waals surface area contributed by atoms with Gasteiger partial charge in [-0.15, -0.1) is 0 Å². The lowest BCUT2D eigenvalue weighted by Crippen LogP contribution is -2.48. The molecule has 1 rings (SSSR count). The van der Waals surface area contributed by atoms with Crippen molar-refractivity contribution in [1.29, 1.82) is 0 Å². The third kappa shape index (κ3) is 2.98. The van der Waals surface area contributed by atoms with Gasteiger partial charge in [-0.1, -0.05) is 20.8 Å². The van der Waals surface area contributed by atoms with Gasteiger partial charge in [0.1, 0.15) is 0 Å². The molecule has 0 aromatic carbocycles. The molecule has 0 heterocycles. The smallest absolute Gasteiger partial charge is 0.154 e. The summed E-state index contributed by atoms with van der Waals surface area (Å²) >= 11 is 0. The summed E-state index contributed by atoms with van der Waals surface area (Å²) in [5, 5.41) is 3.00. The second kappa shape index (κ2) is 5.50. The van der Waals surface area contributed by atoms with Gasteiger partial charge in [-0.2, -0.15) is 0 Å². The van der Waals surface area contributed by atoms with Crippen LogP contribution >= 0.6 is 0 Å². The van der Waals surface area contributed by atoms with E-state index in [1.165, 1.54) is 0 Å². The first-order chi connectivity index (χ1) is 7.42. The van der Waals surface area contributed by atoms with Crippen molar-refractivity contribution in [3.8, 4) is 0 Å². The molecule has 1 aliphatic carbocycles. The van der Waals surface area contributed by atoms with Crippen LogP contribution in [0.5, 0.6) is 0 Å². The normalized spacial score (nSPS) is 31.9. The predicted molar refractivity (Wildman–Crippen MR) is 68.3 cm³/mol.